The smallest absolute Gasteiger partial charge is 0.0317 e. The second-order valence-electron chi connectivity index (χ2n) is 1.85. The van der Waals surface area contributed by atoms with E-state index < -0.39 is 0 Å². The fourth-order valence-corrected chi connectivity index (χ4v) is 1.57. The Morgan fingerprint density at radius 1 is 1.20 bits per heavy atom. The molecular weight excluding hydrogens is 165 g/mol. The predicted molar refractivity (Wildman–Crippen MR) is 47.9 cm³/mol. The zero-order valence-corrected chi connectivity index (χ0v) is 7.16. The lowest BCUT2D eigenvalue weighted by molar-refractivity contribution is 1.43. The number of benzene rings is 1. The summed E-state index contributed by atoms with van der Waals surface area (Å²) in [6.07, 6.45) is 0. The Hall–Kier alpha value is -0.140. The number of rotatable bonds is 3. The monoisotopic (exact) mass is 173 g/mol. The van der Waals surface area contributed by atoms with Crippen LogP contribution in [0.2, 0.25) is 0 Å². The summed E-state index contributed by atoms with van der Waals surface area (Å²) in [6.45, 7) is 0. The molecule has 0 aromatic heterocycles. The normalized spacial score (nSPS) is 9.70. The van der Waals surface area contributed by atoms with Crippen molar-refractivity contribution in [3.8, 4) is 0 Å². The lowest BCUT2D eigenvalue weighted by atomic mass is 10.4. The molecule has 1 aromatic carbocycles. The van der Waals surface area contributed by atoms with Gasteiger partial charge in [-0.05, 0) is 12.1 Å². The molecule has 0 spiro atoms. The SMILES string of the molecule is ClC[13CH2]Sc1ccccc1. The van der Waals surface area contributed by atoms with Gasteiger partial charge in [-0.1, -0.05) is 18.2 Å². The van der Waals surface area contributed by atoms with Crippen molar-refractivity contribution >= 4 is 23.4 Å². The first kappa shape index (κ1) is 7.96. The van der Waals surface area contributed by atoms with Gasteiger partial charge in [0.15, 0.2) is 0 Å². The fourth-order valence-electron chi connectivity index (χ4n) is 0.673. The average Bonchev–Trinajstić information content (AvgIpc) is 2.03. The van der Waals surface area contributed by atoms with Crippen LogP contribution < -0.4 is 0 Å². The van der Waals surface area contributed by atoms with Crippen molar-refractivity contribution in [3.63, 3.8) is 0 Å². The highest BCUT2D eigenvalue weighted by Crippen LogP contribution is 2.16. The molecule has 1 rings (SSSR count). The van der Waals surface area contributed by atoms with E-state index in [0.29, 0.717) is 0 Å². The van der Waals surface area contributed by atoms with E-state index in [-0.39, 0.29) is 0 Å². The molecule has 10 heavy (non-hydrogen) atoms. The molecule has 0 fully saturated rings. The molecule has 0 saturated heterocycles. The Labute approximate surface area is 70.6 Å². The highest BCUT2D eigenvalue weighted by Gasteiger charge is 1.88. The zero-order chi connectivity index (χ0) is 7.23. The van der Waals surface area contributed by atoms with Crippen molar-refractivity contribution in [1.82, 2.24) is 0 Å². The molecule has 0 aliphatic heterocycles. The van der Waals surface area contributed by atoms with Gasteiger partial charge in [-0.2, -0.15) is 0 Å². The van der Waals surface area contributed by atoms with Crippen molar-refractivity contribution < 1.29 is 0 Å². The lowest BCUT2D eigenvalue weighted by Gasteiger charge is -1.95. The highest BCUT2D eigenvalue weighted by atomic mass is 35.5. The van der Waals surface area contributed by atoms with Crippen molar-refractivity contribution in [2.75, 3.05) is 11.6 Å². The molecule has 54 valence electrons. The summed E-state index contributed by atoms with van der Waals surface area (Å²) in [5, 5.41) is 0. The molecule has 0 N–H and O–H groups in total. The number of thioether (sulfide) groups is 1. The maximum Gasteiger partial charge on any atom is 0.0317 e. The molecule has 0 bridgehead atoms. The van der Waals surface area contributed by atoms with Gasteiger partial charge < -0.3 is 0 Å². The van der Waals surface area contributed by atoms with Gasteiger partial charge in [0.05, 0.1) is 0 Å². The average molecular weight is 174 g/mol. The van der Waals surface area contributed by atoms with E-state index in [4.69, 9.17) is 11.6 Å². The van der Waals surface area contributed by atoms with Gasteiger partial charge in [0.2, 0.25) is 0 Å². The Balaban J connectivity index is 2.43. The van der Waals surface area contributed by atoms with Gasteiger partial charge in [-0.25, -0.2) is 0 Å². The number of hydrogen-bond donors (Lipinski definition) is 0. The Morgan fingerprint density at radius 3 is 2.50 bits per heavy atom. The largest absolute Gasteiger partial charge is 0.126 e. The molecule has 0 atom stereocenters. The van der Waals surface area contributed by atoms with Crippen molar-refractivity contribution in [3.05, 3.63) is 30.3 Å². The van der Waals surface area contributed by atoms with Crippen LogP contribution in [0.3, 0.4) is 0 Å². The summed E-state index contributed by atoms with van der Waals surface area (Å²) in [4.78, 5) is 1.29. The van der Waals surface area contributed by atoms with E-state index >= 15 is 0 Å². The van der Waals surface area contributed by atoms with Crippen LogP contribution >= 0.6 is 23.4 Å². The predicted octanol–water partition coefficient (Wildman–Crippen LogP) is 3.02. The van der Waals surface area contributed by atoms with E-state index in [9.17, 15) is 0 Å². The Morgan fingerprint density at radius 2 is 1.90 bits per heavy atom. The molecule has 0 radical (unpaired) electrons. The van der Waals surface area contributed by atoms with E-state index in [2.05, 4.69) is 12.1 Å². The van der Waals surface area contributed by atoms with E-state index in [1.807, 2.05) is 18.2 Å². The summed E-state index contributed by atoms with van der Waals surface area (Å²) in [6, 6.07) is 10.3. The van der Waals surface area contributed by atoms with Gasteiger partial charge in [0.25, 0.3) is 0 Å². The number of halogens is 1. The zero-order valence-electron chi connectivity index (χ0n) is 5.59. The minimum Gasteiger partial charge on any atom is -0.126 e. The first-order valence-electron chi connectivity index (χ1n) is 3.17. The molecule has 1 aromatic rings. The molecule has 0 aliphatic carbocycles. The topological polar surface area (TPSA) is 0 Å². The molecule has 2 heteroatoms. The van der Waals surface area contributed by atoms with Crippen LogP contribution in [0.5, 0.6) is 0 Å². The Kier molecular flexibility index (Phi) is 3.69. The van der Waals surface area contributed by atoms with Crippen LogP contribution in [0.1, 0.15) is 0 Å². The molecule has 0 nitrogen and oxygen atoms in total. The van der Waals surface area contributed by atoms with Crippen LogP contribution in [0.4, 0.5) is 0 Å². The maximum absolute atomic E-state index is 5.53. The molecule has 0 unspecified atom stereocenters. The first-order valence-corrected chi connectivity index (χ1v) is 4.69. The number of hydrogen-bond acceptors (Lipinski definition) is 1. The quantitative estimate of drug-likeness (QED) is 0.385. The second-order valence-corrected chi connectivity index (χ2v) is 3.40. The number of alkyl halides is 1. The summed E-state index contributed by atoms with van der Waals surface area (Å²) in [5.41, 5.74) is 0. The third-order valence-electron chi connectivity index (χ3n) is 1.09. The molecular formula is C8H9ClS. The van der Waals surface area contributed by atoms with Crippen LogP contribution in [0.25, 0.3) is 0 Å². The van der Waals surface area contributed by atoms with Crippen LogP contribution in [-0.4, -0.2) is 11.6 Å². The maximum atomic E-state index is 5.53. The lowest BCUT2D eigenvalue weighted by Crippen LogP contribution is -1.77. The minimum atomic E-state index is 0.722. The first-order chi connectivity index (χ1) is 4.93. The summed E-state index contributed by atoms with van der Waals surface area (Å²) in [7, 11) is 0. The van der Waals surface area contributed by atoms with Crippen LogP contribution in [0.15, 0.2) is 35.2 Å². The Bertz CT molecular complexity index is 174. The van der Waals surface area contributed by atoms with E-state index in [1.165, 1.54) is 4.90 Å². The molecule has 0 saturated carbocycles. The highest BCUT2D eigenvalue weighted by molar-refractivity contribution is 7.99. The van der Waals surface area contributed by atoms with Gasteiger partial charge in [0.1, 0.15) is 0 Å². The third-order valence-corrected chi connectivity index (χ3v) is 2.52. The standard InChI is InChI=1S/C8H9ClS/c9-6-7-10-8-4-2-1-3-5-8/h1-5H,6-7H2/i7+1. The van der Waals surface area contributed by atoms with Crippen LogP contribution in [-0.2, 0) is 0 Å². The fraction of sp³-hybridized carbons (Fsp3) is 0.250. The summed E-state index contributed by atoms with van der Waals surface area (Å²) < 4.78 is 0. The third kappa shape index (κ3) is 2.63. The van der Waals surface area contributed by atoms with Gasteiger partial charge >= 0.3 is 0 Å². The summed E-state index contributed by atoms with van der Waals surface area (Å²) in [5.74, 6) is 1.71. The van der Waals surface area contributed by atoms with E-state index in [1.54, 1.807) is 11.8 Å². The van der Waals surface area contributed by atoms with Crippen LogP contribution in [0, 0.1) is 0 Å². The minimum absolute atomic E-state index is 0.722. The van der Waals surface area contributed by atoms with Crippen molar-refractivity contribution in [2.24, 2.45) is 0 Å². The van der Waals surface area contributed by atoms with Gasteiger partial charge in [-0.15, -0.1) is 23.4 Å². The molecule has 0 amide bonds. The molecule has 0 heterocycles. The summed E-state index contributed by atoms with van der Waals surface area (Å²) >= 11 is 7.32. The van der Waals surface area contributed by atoms with Crippen molar-refractivity contribution in [1.29, 1.82) is 0 Å². The van der Waals surface area contributed by atoms with Crippen molar-refractivity contribution in [2.45, 2.75) is 4.90 Å². The van der Waals surface area contributed by atoms with Gasteiger partial charge in [-0.3, -0.25) is 0 Å². The molecule has 0 aliphatic rings. The second kappa shape index (κ2) is 4.64. The van der Waals surface area contributed by atoms with E-state index in [0.717, 1.165) is 11.6 Å². The van der Waals surface area contributed by atoms with Gasteiger partial charge in [0, 0.05) is 16.5 Å².